The molecule has 3 aromatic carbocycles. The number of amides is 3. The van der Waals surface area contributed by atoms with Gasteiger partial charge in [0.15, 0.2) is 12.3 Å². The maximum atomic E-state index is 13.9. The lowest BCUT2D eigenvalue weighted by Crippen LogP contribution is -2.49. The zero-order valence-corrected chi connectivity index (χ0v) is 45.8. The number of thiophene rings is 1. The van der Waals surface area contributed by atoms with Crippen LogP contribution < -0.4 is 20.4 Å². The minimum absolute atomic E-state index is 0.0129. The van der Waals surface area contributed by atoms with Crippen LogP contribution in [0.2, 0.25) is 0 Å². The predicted octanol–water partition coefficient (Wildman–Crippen LogP) is 9.87. The normalized spacial score (nSPS) is 21.7. The molecule has 4 aromatic rings. The van der Waals surface area contributed by atoms with Crippen molar-refractivity contribution in [3.63, 3.8) is 0 Å². The fraction of sp³-hybridized carbons (Fsp3) is 0.492. The molecule has 0 bridgehead atoms. The van der Waals surface area contributed by atoms with Gasteiger partial charge >= 0.3 is 0 Å². The summed E-state index contributed by atoms with van der Waals surface area (Å²) in [5, 5.41) is 8.03. The van der Waals surface area contributed by atoms with Gasteiger partial charge in [-0.15, -0.1) is 11.3 Å². The number of para-hydroxylation sites is 2. The average Bonchev–Trinajstić information content (AvgIpc) is 4.05. The first-order chi connectivity index (χ1) is 36.0. The van der Waals surface area contributed by atoms with Crippen LogP contribution in [0, 0.1) is 6.92 Å². The molecule has 2 N–H and O–H groups in total. The van der Waals surface area contributed by atoms with Crippen molar-refractivity contribution in [1.29, 1.82) is 0 Å². The maximum Gasteiger partial charge on any atom is 0.258 e. The fourth-order valence-electron chi connectivity index (χ4n) is 13.2. The van der Waals surface area contributed by atoms with Gasteiger partial charge in [-0.2, -0.15) is 4.58 Å². The van der Waals surface area contributed by atoms with Crippen LogP contribution in [0.15, 0.2) is 93.9 Å². The second-order valence-corrected chi connectivity index (χ2v) is 25.2. The summed E-state index contributed by atoms with van der Waals surface area (Å²) < 4.78 is 45.4. The van der Waals surface area contributed by atoms with Gasteiger partial charge < -0.3 is 49.7 Å². The second-order valence-electron chi connectivity index (χ2n) is 22.7. The summed E-state index contributed by atoms with van der Waals surface area (Å²) in [5.41, 5.74) is 11.7. The van der Waals surface area contributed by atoms with Crippen LogP contribution in [-0.4, -0.2) is 123 Å². The van der Waals surface area contributed by atoms with Crippen LogP contribution in [0.1, 0.15) is 124 Å². The van der Waals surface area contributed by atoms with E-state index < -0.39 is 16.3 Å². The summed E-state index contributed by atoms with van der Waals surface area (Å²) in [6.45, 7) is 18.1. The van der Waals surface area contributed by atoms with Gasteiger partial charge in [0.2, 0.25) is 17.5 Å². The summed E-state index contributed by atoms with van der Waals surface area (Å²) in [7, 11) is -4.60. The number of nitrogens with one attached hydrogen (secondary N) is 2. The van der Waals surface area contributed by atoms with E-state index in [1.807, 2.05) is 36.6 Å². The molecule has 1 aromatic heterocycles. The Hall–Kier alpha value is -5.17. The Balaban J connectivity index is 0.600. The number of hydrogen-bond acceptors (Lipinski definition) is 11. The second kappa shape index (κ2) is 20.7. The minimum atomic E-state index is -4.60. The van der Waals surface area contributed by atoms with Crippen LogP contribution in [0.3, 0.4) is 0 Å². The smallest absolute Gasteiger partial charge is 0.258 e. The Morgan fingerprint density at radius 2 is 1.56 bits per heavy atom. The Bertz CT molecular complexity index is 3020. The fourth-order valence-corrected chi connectivity index (χ4v) is 14.6. The molecule has 0 saturated carbocycles. The molecule has 14 nitrogen and oxygen atoms in total. The number of benzene rings is 3. The summed E-state index contributed by atoms with van der Waals surface area (Å²) in [6, 6.07) is 18.9. The zero-order valence-electron chi connectivity index (χ0n) is 44.1. The lowest BCUT2D eigenvalue weighted by molar-refractivity contribution is -0.445. The number of fused-ring (bicyclic) bond motifs is 10. The molecule has 0 aliphatic carbocycles. The molecule has 8 heterocycles. The van der Waals surface area contributed by atoms with Crippen molar-refractivity contribution < 1.29 is 37.4 Å². The molecule has 2 atom stereocenters. The summed E-state index contributed by atoms with van der Waals surface area (Å²) in [5.74, 6) is -0.135. The zero-order chi connectivity index (χ0) is 52.4. The van der Waals surface area contributed by atoms with Crippen molar-refractivity contribution in [1.82, 2.24) is 15.1 Å². The van der Waals surface area contributed by atoms with Gasteiger partial charge in [-0.05, 0) is 99.0 Å². The van der Waals surface area contributed by atoms with E-state index in [-0.39, 0.29) is 40.2 Å². The van der Waals surface area contributed by atoms with Crippen molar-refractivity contribution in [3.05, 3.63) is 116 Å². The highest BCUT2D eigenvalue weighted by Gasteiger charge is 2.54. The van der Waals surface area contributed by atoms with Crippen LogP contribution in [0.5, 0.6) is 0 Å². The van der Waals surface area contributed by atoms with Gasteiger partial charge in [0, 0.05) is 95.5 Å². The van der Waals surface area contributed by atoms with E-state index in [9.17, 15) is 28.0 Å². The number of hydrogen-bond donors (Lipinski definition) is 2. The van der Waals surface area contributed by atoms with E-state index in [4.69, 9.17) is 4.74 Å². The summed E-state index contributed by atoms with van der Waals surface area (Å²) in [6.07, 6.45) is 13.7. The van der Waals surface area contributed by atoms with Crippen LogP contribution in [0.4, 0.5) is 28.4 Å². The topological polar surface area (TPSA) is 170 Å². The van der Waals surface area contributed by atoms with Gasteiger partial charge in [0.1, 0.15) is 0 Å². The number of allylic oxidation sites excluding steroid dienone is 1. The van der Waals surface area contributed by atoms with Gasteiger partial charge in [-0.25, -0.2) is 0 Å². The number of rotatable bonds is 16. The Labute approximate surface area is 447 Å². The summed E-state index contributed by atoms with van der Waals surface area (Å²) in [4.78, 5) is 49.9. The highest BCUT2D eigenvalue weighted by molar-refractivity contribution is 8.19. The molecular weight excluding hydrogens is 983 g/mol. The van der Waals surface area contributed by atoms with E-state index in [2.05, 4.69) is 81.9 Å². The highest BCUT2D eigenvalue weighted by atomic mass is 32.3. The number of anilines is 4. The van der Waals surface area contributed by atoms with Crippen LogP contribution >= 0.6 is 22.2 Å². The third-order valence-electron chi connectivity index (χ3n) is 17.0. The summed E-state index contributed by atoms with van der Waals surface area (Å²) >= 11 is 1.50. The minimum Gasteiger partial charge on any atom is -0.831 e. The number of aryl methyl sites for hydroxylation is 1. The molecule has 75 heavy (non-hydrogen) atoms. The number of carbonyl (C=O) groups is 3. The third-order valence-corrected chi connectivity index (χ3v) is 18.8. The number of ether oxygens (including phenoxy) is 1. The van der Waals surface area contributed by atoms with Gasteiger partial charge in [-0.3, -0.25) is 24.2 Å². The molecule has 7 aliphatic heterocycles. The molecule has 0 spiro atoms. The maximum absolute atomic E-state index is 13.9. The molecule has 1 saturated heterocycles. The molecule has 3 amide bonds. The first-order valence-corrected chi connectivity index (χ1v) is 29.6. The molecule has 16 heteroatoms. The van der Waals surface area contributed by atoms with Crippen molar-refractivity contribution >= 4 is 74.1 Å². The Kier molecular flexibility index (Phi) is 14.3. The lowest BCUT2D eigenvalue weighted by Gasteiger charge is -2.64. The van der Waals surface area contributed by atoms with E-state index in [1.54, 1.807) is 17.0 Å². The number of piperazine rings is 1. The highest BCUT2D eigenvalue weighted by Crippen LogP contribution is 2.55. The first kappa shape index (κ1) is 51.9. The van der Waals surface area contributed by atoms with E-state index in [1.165, 1.54) is 78.4 Å². The van der Waals surface area contributed by atoms with Gasteiger partial charge in [0.05, 0.1) is 53.2 Å². The molecule has 7 aliphatic rings. The van der Waals surface area contributed by atoms with Crippen molar-refractivity contribution in [2.75, 3.05) is 74.0 Å². The molecule has 0 radical (unpaired) electrons. The quantitative estimate of drug-likeness (QED) is 0.0814. The van der Waals surface area contributed by atoms with Crippen molar-refractivity contribution in [3.8, 4) is 0 Å². The predicted molar refractivity (Wildman–Crippen MR) is 294 cm³/mol. The largest absolute Gasteiger partial charge is 0.831 e. The van der Waals surface area contributed by atoms with Gasteiger partial charge in [-0.1, -0.05) is 76.6 Å². The van der Waals surface area contributed by atoms with E-state index >= 15 is 0 Å². The van der Waals surface area contributed by atoms with Crippen molar-refractivity contribution in [2.45, 2.75) is 133 Å². The number of nitrogens with zero attached hydrogens (tertiary/aromatic N) is 5. The lowest BCUT2D eigenvalue weighted by atomic mass is 9.74. The Morgan fingerprint density at radius 3 is 2.33 bits per heavy atom. The number of unbranched alkanes of at least 4 members (excludes halogenated alkanes) is 7. The molecule has 398 valence electrons. The van der Waals surface area contributed by atoms with E-state index in [0.29, 0.717) is 36.4 Å². The molecule has 11 rings (SSSR count). The monoisotopic (exact) mass is 1050 g/mol. The molecular formula is C59H71N7O7S2-2. The molecule has 2 unspecified atom stereocenters. The van der Waals surface area contributed by atoms with E-state index in [0.717, 1.165) is 110 Å². The van der Waals surface area contributed by atoms with Crippen LogP contribution in [-0.2, 0) is 31.6 Å². The standard InChI is InChI=1S/C59H73N7O7S2/c1-38-54-43(37-74-38)57(69)61-46-16-12-13-17-49(46)66(54)53(68)36-63-30-28-62(29-31-63)25-15-11-9-7-6-8-10-14-24-60-52(67)33-39-18-20-47-44(32-39)58(2,3)55-41-35-42-51(73-50(41)22-26-64(47)55)23-27-65-48-21-19-40(75(70,71)72)34-45(48)59(4,5)56(42)65/h12-13,16-21,32,34-35,37,50-51H,6-11,14-15,22-31,33,36H2,1-5H3,(H4-,60,61,67,69,70,71,72)/p-2. The van der Waals surface area contributed by atoms with Gasteiger partial charge in [0.25, 0.3) is 5.91 Å². The van der Waals surface area contributed by atoms with Crippen LogP contribution in [0.25, 0.3) is 0 Å². The Morgan fingerprint density at radius 1 is 0.827 bits per heavy atom. The average molecular weight is 1050 g/mol. The first-order valence-electron chi connectivity index (χ1n) is 27.3. The number of carbonyl (C=O) groups excluding carboxylic acids is 3. The molecule has 1 fully saturated rings. The SMILES string of the molecule is Cc1scc2c1N(C(=O)CN1CCN(CCCCCCCCCCNC(=O)Cc3ccc4c(c3)C(C)(C)C3=C5C=C6C7=[N+](CCC6OC5CCN34)c3ccc(S([O-])([O-])[O-])cc3C7(C)C)CC1)c1ccccc1NC2=O. The van der Waals surface area contributed by atoms with Crippen molar-refractivity contribution in [2.24, 2.45) is 0 Å². The third kappa shape index (κ3) is 9.83.